The summed E-state index contributed by atoms with van der Waals surface area (Å²) in [4.78, 5) is 3.94. The molecule has 2 nitrogen and oxygen atoms in total. The zero-order chi connectivity index (χ0) is 8.44. The molecule has 0 unspecified atom stereocenters. The fraction of sp³-hybridized carbons (Fsp3) is 0.500. The normalized spacial score (nSPS) is 20.1. The van der Waals surface area contributed by atoms with Gasteiger partial charge in [0.2, 0.25) is 0 Å². The van der Waals surface area contributed by atoms with E-state index in [4.69, 9.17) is 0 Å². The maximum Gasteiger partial charge on any atom is 0.0688 e. The van der Waals surface area contributed by atoms with E-state index in [1.165, 1.54) is 12.0 Å². The SMILES string of the molecule is OC1(Cc2ccncc2)CCC1. The second kappa shape index (κ2) is 2.87. The number of rotatable bonds is 2. The Hall–Kier alpha value is -0.890. The smallest absolute Gasteiger partial charge is 0.0688 e. The maximum atomic E-state index is 9.84. The van der Waals surface area contributed by atoms with Crippen molar-refractivity contribution in [3.8, 4) is 0 Å². The molecule has 1 heterocycles. The van der Waals surface area contributed by atoms with Gasteiger partial charge in [0.05, 0.1) is 5.60 Å². The average molecular weight is 163 g/mol. The molecule has 1 aliphatic carbocycles. The molecule has 1 saturated carbocycles. The Balaban J connectivity index is 2.04. The largest absolute Gasteiger partial charge is 0.390 e. The molecule has 2 rings (SSSR count). The number of pyridine rings is 1. The summed E-state index contributed by atoms with van der Waals surface area (Å²) in [6.07, 6.45) is 7.41. The molecule has 0 saturated heterocycles. The van der Waals surface area contributed by atoms with Gasteiger partial charge in [0, 0.05) is 18.8 Å². The van der Waals surface area contributed by atoms with E-state index in [1.807, 2.05) is 12.1 Å². The van der Waals surface area contributed by atoms with Gasteiger partial charge in [0.1, 0.15) is 0 Å². The monoisotopic (exact) mass is 163 g/mol. The number of nitrogens with zero attached hydrogens (tertiary/aromatic N) is 1. The molecule has 1 N–H and O–H groups in total. The molecule has 2 heteroatoms. The molecule has 0 spiro atoms. The van der Waals surface area contributed by atoms with E-state index in [9.17, 15) is 5.11 Å². The molecule has 0 bridgehead atoms. The Morgan fingerprint density at radius 1 is 1.33 bits per heavy atom. The lowest BCUT2D eigenvalue weighted by atomic mass is 9.76. The predicted molar refractivity (Wildman–Crippen MR) is 46.7 cm³/mol. The molecule has 0 aliphatic heterocycles. The van der Waals surface area contributed by atoms with E-state index in [2.05, 4.69) is 4.98 Å². The molecule has 1 aliphatic rings. The van der Waals surface area contributed by atoms with Crippen LogP contribution in [0.15, 0.2) is 24.5 Å². The van der Waals surface area contributed by atoms with Gasteiger partial charge in [-0.2, -0.15) is 0 Å². The molecule has 1 aromatic rings. The minimum atomic E-state index is -0.401. The van der Waals surface area contributed by atoms with Crippen LogP contribution in [0.4, 0.5) is 0 Å². The van der Waals surface area contributed by atoms with Gasteiger partial charge in [0.15, 0.2) is 0 Å². The molecule has 1 aromatic heterocycles. The van der Waals surface area contributed by atoms with Crippen molar-refractivity contribution in [3.05, 3.63) is 30.1 Å². The van der Waals surface area contributed by atoms with Gasteiger partial charge in [-0.15, -0.1) is 0 Å². The molecule has 0 atom stereocenters. The standard InChI is InChI=1S/C10H13NO/c12-10(4-1-5-10)8-9-2-6-11-7-3-9/h2-3,6-7,12H,1,4-5,8H2. The van der Waals surface area contributed by atoms with Crippen molar-refractivity contribution < 1.29 is 5.11 Å². The summed E-state index contributed by atoms with van der Waals surface area (Å²) in [5.41, 5.74) is 0.786. The number of hydrogen-bond acceptors (Lipinski definition) is 2. The lowest BCUT2D eigenvalue weighted by molar-refractivity contribution is -0.0323. The third-order valence-electron chi connectivity index (χ3n) is 2.57. The summed E-state index contributed by atoms with van der Waals surface area (Å²) in [6, 6.07) is 3.94. The average Bonchev–Trinajstić information content (AvgIpc) is 2.04. The van der Waals surface area contributed by atoms with Crippen LogP contribution in [0, 0.1) is 0 Å². The van der Waals surface area contributed by atoms with E-state index >= 15 is 0 Å². The Kier molecular flexibility index (Phi) is 1.85. The molecule has 0 radical (unpaired) electrons. The van der Waals surface area contributed by atoms with Gasteiger partial charge in [-0.25, -0.2) is 0 Å². The molecule has 0 aromatic carbocycles. The lowest BCUT2D eigenvalue weighted by Gasteiger charge is -2.36. The Bertz CT molecular complexity index is 254. The van der Waals surface area contributed by atoms with Crippen LogP contribution in [0.2, 0.25) is 0 Å². The van der Waals surface area contributed by atoms with Crippen molar-refractivity contribution in [2.75, 3.05) is 0 Å². The summed E-state index contributed by atoms with van der Waals surface area (Å²) in [7, 11) is 0. The minimum absolute atomic E-state index is 0.401. The van der Waals surface area contributed by atoms with Crippen LogP contribution in [0.3, 0.4) is 0 Å². The van der Waals surface area contributed by atoms with Gasteiger partial charge in [-0.3, -0.25) is 4.98 Å². The van der Waals surface area contributed by atoms with Crippen LogP contribution in [0.5, 0.6) is 0 Å². The zero-order valence-corrected chi connectivity index (χ0v) is 7.03. The first-order valence-corrected chi connectivity index (χ1v) is 4.40. The van der Waals surface area contributed by atoms with Crippen LogP contribution in [-0.2, 0) is 6.42 Å². The summed E-state index contributed by atoms with van der Waals surface area (Å²) in [6.45, 7) is 0. The number of aromatic nitrogens is 1. The topological polar surface area (TPSA) is 33.1 Å². The highest BCUT2D eigenvalue weighted by Gasteiger charge is 2.34. The van der Waals surface area contributed by atoms with Gasteiger partial charge >= 0.3 is 0 Å². The highest BCUT2D eigenvalue weighted by molar-refractivity contribution is 5.14. The van der Waals surface area contributed by atoms with E-state index in [0.717, 1.165) is 19.3 Å². The Morgan fingerprint density at radius 3 is 2.50 bits per heavy atom. The lowest BCUT2D eigenvalue weighted by Crippen LogP contribution is -2.38. The molecular formula is C10H13NO. The first kappa shape index (κ1) is 7.74. The number of aliphatic hydroxyl groups is 1. The van der Waals surface area contributed by atoms with Gasteiger partial charge < -0.3 is 5.11 Å². The summed E-state index contributed by atoms with van der Waals surface area (Å²) in [5, 5.41) is 9.84. The fourth-order valence-corrected chi connectivity index (χ4v) is 1.64. The van der Waals surface area contributed by atoms with Crippen molar-refractivity contribution in [1.29, 1.82) is 0 Å². The van der Waals surface area contributed by atoms with Crippen molar-refractivity contribution in [3.63, 3.8) is 0 Å². The summed E-state index contributed by atoms with van der Waals surface area (Å²) in [5.74, 6) is 0. The Labute approximate surface area is 72.3 Å². The van der Waals surface area contributed by atoms with Crippen LogP contribution < -0.4 is 0 Å². The zero-order valence-electron chi connectivity index (χ0n) is 7.03. The second-order valence-electron chi connectivity index (χ2n) is 3.61. The third kappa shape index (κ3) is 1.48. The Morgan fingerprint density at radius 2 is 2.00 bits per heavy atom. The fourth-order valence-electron chi connectivity index (χ4n) is 1.64. The van der Waals surface area contributed by atoms with Crippen LogP contribution >= 0.6 is 0 Å². The van der Waals surface area contributed by atoms with Crippen LogP contribution in [-0.4, -0.2) is 15.7 Å². The highest BCUT2D eigenvalue weighted by atomic mass is 16.3. The highest BCUT2D eigenvalue weighted by Crippen LogP contribution is 2.34. The molecule has 64 valence electrons. The minimum Gasteiger partial charge on any atom is -0.390 e. The first-order chi connectivity index (χ1) is 5.79. The van der Waals surface area contributed by atoms with E-state index in [0.29, 0.717) is 0 Å². The van der Waals surface area contributed by atoms with Crippen LogP contribution in [0.25, 0.3) is 0 Å². The second-order valence-corrected chi connectivity index (χ2v) is 3.61. The molecule has 12 heavy (non-hydrogen) atoms. The molecule has 0 amide bonds. The van der Waals surface area contributed by atoms with Crippen molar-refractivity contribution in [2.24, 2.45) is 0 Å². The summed E-state index contributed by atoms with van der Waals surface area (Å²) < 4.78 is 0. The van der Waals surface area contributed by atoms with Gasteiger partial charge in [0.25, 0.3) is 0 Å². The maximum absolute atomic E-state index is 9.84. The quantitative estimate of drug-likeness (QED) is 0.717. The van der Waals surface area contributed by atoms with Gasteiger partial charge in [-0.05, 0) is 37.0 Å². The van der Waals surface area contributed by atoms with E-state index < -0.39 is 5.60 Å². The van der Waals surface area contributed by atoms with Crippen LogP contribution in [0.1, 0.15) is 24.8 Å². The first-order valence-electron chi connectivity index (χ1n) is 4.40. The predicted octanol–water partition coefficient (Wildman–Crippen LogP) is 1.54. The van der Waals surface area contributed by atoms with Crippen molar-refractivity contribution in [2.45, 2.75) is 31.3 Å². The molecular weight excluding hydrogens is 150 g/mol. The summed E-state index contributed by atoms with van der Waals surface area (Å²) >= 11 is 0. The van der Waals surface area contributed by atoms with E-state index in [-0.39, 0.29) is 0 Å². The third-order valence-corrected chi connectivity index (χ3v) is 2.57. The van der Waals surface area contributed by atoms with Crippen molar-refractivity contribution in [1.82, 2.24) is 4.98 Å². The molecule has 1 fully saturated rings. The number of hydrogen-bond donors (Lipinski definition) is 1. The van der Waals surface area contributed by atoms with Crippen molar-refractivity contribution >= 4 is 0 Å². The van der Waals surface area contributed by atoms with Gasteiger partial charge in [-0.1, -0.05) is 0 Å². The van der Waals surface area contributed by atoms with E-state index in [1.54, 1.807) is 12.4 Å².